The lowest BCUT2D eigenvalue weighted by Crippen LogP contribution is -2.28. The molecule has 1 aliphatic rings. The minimum absolute atomic E-state index is 0.225. The Kier molecular flexibility index (Phi) is 3.67. The van der Waals surface area contributed by atoms with Crippen LogP contribution in [0.5, 0.6) is 0 Å². The van der Waals surface area contributed by atoms with E-state index in [9.17, 15) is 4.79 Å². The highest BCUT2D eigenvalue weighted by atomic mass is 16.5. The summed E-state index contributed by atoms with van der Waals surface area (Å²) in [5, 5.41) is 9.66. The number of para-hydroxylation sites is 1. The van der Waals surface area contributed by atoms with Gasteiger partial charge in [0.15, 0.2) is 0 Å². The second-order valence-electron chi connectivity index (χ2n) is 5.03. The van der Waals surface area contributed by atoms with Gasteiger partial charge >= 0.3 is 6.03 Å². The van der Waals surface area contributed by atoms with E-state index in [1.807, 2.05) is 30.3 Å². The van der Waals surface area contributed by atoms with Gasteiger partial charge in [-0.15, -0.1) is 0 Å². The van der Waals surface area contributed by atoms with Crippen molar-refractivity contribution in [2.24, 2.45) is 0 Å². The second-order valence-corrected chi connectivity index (χ2v) is 5.03. The van der Waals surface area contributed by atoms with Gasteiger partial charge < -0.3 is 15.2 Å². The van der Waals surface area contributed by atoms with E-state index >= 15 is 0 Å². The number of hydrogen-bond acceptors (Lipinski definition) is 3. The van der Waals surface area contributed by atoms with Crippen LogP contribution < -0.4 is 10.6 Å². The van der Waals surface area contributed by atoms with Gasteiger partial charge in [0, 0.05) is 23.7 Å². The smallest absolute Gasteiger partial charge is 0.319 e. The number of carbonyl (C=O) groups excluding carboxylic acids is 1. The number of hydrogen-bond donors (Lipinski definition) is 2. The Balaban J connectivity index is 1.54. The second kappa shape index (κ2) is 5.77. The van der Waals surface area contributed by atoms with Crippen LogP contribution in [-0.4, -0.2) is 11.2 Å². The fraction of sp³-hybridized carbons (Fsp3) is 0.333. The maximum atomic E-state index is 11.8. The van der Waals surface area contributed by atoms with Crippen LogP contribution in [0.25, 0.3) is 0 Å². The van der Waals surface area contributed by atoms with Gasteiger partial charge in [0.1, 0.15) is 6.26 Å². The van der Waals surface area contributed by atoms with Crippen LogP contribution in [0, 0.1) is 0 Å². The Morgan fingerprint density at radius 2 is 2.10 bits per heavy atom. The van der Waals surface area contributed by atoms with E-state index in [2.05, 4.69) is 15.8 Å². The van der Waals surface area contributed by atoms with E-state index in [4.69, 9.17) is 4.52 Å². The molecule has 3 rings (SSSR count). The molecular formula is C15H17N3O2. The topological polar surface area (TPSA) is 67.2 Å². The highest BCUT2D eigenvalue weighted by Gasteiger charge is 2.25. The van der Waals surface area contributed by atoms with E-state index in [0.717, 1.165) is 29.8 Å². The molecule has 0 radical (unpaired) electrons. The van der Waals surface area contributed by atoms with Crippen molar-refractivity contribution in [3.05, 3.63) is 47.9 Å². The van der Waals surface area contributed by atoms with Crippen molar-refractivity contribution in [2.75, 3.05) is 5.32 Å². The summed E-state index contributed by atoms with van der Waals surface area (Å²) in [7, 11) is 0. The molecule has 0 atom stereocenters. The SMILES string of the molecule is O=C(NCc1conc1C1CCC1)Nc1ccccc1. The highest BCUT2D eigenvalue weighted by Crippen LogP contribution is 2.37. The van der Waals surface area contributed by atoms with Gasteiger partial charge in [0.05, 0.1) is 5.69 Å². The van der Waals surface area contributed by atoms with Crippen LogP contribution >= 0.6 is 0 Å². The monoisotopic (exact) mass is 271 g/mol. The lowest BCUT2D eigenvalue weighted by molar-refractivity contribution is 0.251. The summed E-state index contributed by atoms with van der Waals surface area (Å²) in [4.78, 5) is 11.8. The summed E-state index contributed by atoms with van der Waals surface area (Å²) in [6, 6.07) is 9.13. The predicted octanol–water partition coefficient (Wildman–Crippen LogP) is 3.26. The Hall–Kier alpha value is -2.30. The number of urea groups is 1. The zero-order valence-corrected chi connectivity index (χ0v) is 11.1. The molecule has 1 saturated carbocycles. The van der Waals surface area contributed by atoms with Crippen LogP contribution in [-0.2, 0) is 6.54 Å². The number of carbonyl (C=O) groups is 1. The lowest BCUT2D eigenvalue weighted by atomic mass is 9.81. The van der Waals surface area contributed by atoms with E-state index in [1.165, 1.54) is 6.42 Å². The molecule has 104 valence electrons. The molecule has 2 amide bonds. The molecule has 20 heavy (non-hydrogen) atoms. The van der Waals surface area contributed by atoms with Crippen molar-refractivity contribution in [1.82, 2.24) is 10.5 Å². The summed E-state index contributed by atoms with van der Waals surface area (Å²) in [5.74, 6) is 0.503. The van der Waals surface area contributed by atoms with Gasteiger partial charge in [0.25, 0.3) is 0 Å². The van der Waals surface area contributed by atoms with Gasteiger partial charge in [-0.05, 0) is 25.0 Å². The standard InChI is InChI=1S/C15H17N3O2/c19-15(17-13-7-2-1-3-8-13)16-9-12-10-20-18-14(12)11-5-4-6-11/h1-3,7-8,10-11H,4-6,9H2,(H2,16,17,19). The third-order valence-electron chi connectivity index (χ3n) is 3.64. The largest absolute Gasteiger partial charge is 0.364 e. The summed E-state index contributed by atoms with van der Waals surface area (Å²) >= 11 is 0. The maximum absolute atomic E-state index is 11.8. The fourth-order valence-corrected chi connectivity index (χ4v) is 2.29. The Morgan fingerprint density at radius 3 is 2.80 bits per heavy atom. The molecule has 1 heterocycles. The van der Waals surface area contributed by atoms with Crippen LogP contribution in [0.1, 0.15) is 36.4 Å². The van der Waals surface area contributed by atoms with Gasteiger partial charge in [0.2, 0.25) is 0 Å². The molecule has 0 unspecified atom stereocenters. The van der Waals surface area contributed by atoms with Crippen LogP contribution in [0.4, 0.5) is 10.5 Å². The van der Waals surface area contributed by atoms with Crippen LogP contribution in [0.3, 0.4) is 0 Å². The first-order valence-electron chi connectivity index (χ1n) is 6.86. The summed E-state index contributed by atoms with van der Waals surface area (Å²) in [6.45, 7) is 0.438. The molecule has 5 nitrogen and oxygen atoms in total. The zero-order valence-electron chi connectivity index (χ0n) is 11.1. The summed E-state index contributed by atoms with van der Waals surface area (Å²) < 4.78 is 5.03. The number of benzene rings is 1. The van der Waals surface area contributed by atoms with Gasteiger partial charge in [-0.25, -0.2) is 4.79 Å². The third kappa shape index (κ3) is 2.82. The Bertz CT molecular complexity index is 576. The quantitative estimate of drug-likeness (QED) is 0.896. The molecule has 2 aromatic rings. The Labute approximate surface area is 117 Å². The van der Waals surface area contributed by atoms with Gasteiger partial charge in [-0.1, -0.05) is 29.8 Å². The molecule has 1 aromatic heterocycles. The summed E-state index contributed by atoms with van der Waals surface area (Å²) in [5.41, 5.74) is 2.74. The van der Waals surface area contributed by atoms with E-state index < -0.39 is 0 Å². The van der Waals surface area contributed by atoms with Crippen molar-refractivity contribution in [2.45, 2.75) is 31.7 Å². The van der Waals surface area contributed by atoms with Crippen molar-refractivity contribution in [3.63, 3.8) is 0 Å². The maximum Gasteiger partial charge on any atom is 0.319 e. The molecular weight excluding hydrogens is 254 g/mol. The van der Waals surface area contributed by atoms with E-state index in [0.29, 0.717) is 12.5 Å². The number of amides is 2. The molecule has 1 fully saturated rings. The van der Waals surface area contributed by atoms with Crippen molar-refractivity contribution in [3.8, 4) is 0 Å². The lowest BCUT2D eigenvalue weighted by Gasteiger charge is -2.23. The molecule has 1 aromatic carbocycles. The molecule has 0 spiro atoms. The molecule has 0 saturated heterocycles. The molecule has 0 aliphatic heterocycles. The summed E-state index contributed by atoms with van der Waals surface area (Å²) in [6.07, 6.45) is 5.20. The number of rotatable bonds is 4. The molecule has 5 heteroatoms. The number of anilines is 1. The number of nitrogens with zero attached hydrogens (tertiary/aromatic N) is 1. The average Bonchev–Trinajstić information content (AvgIpc) is 2.84. The zero-order chi connectivity index (χ0) is 13.8. The van der Waals surface area contributed by atoms with Crippen molar-refractivity contribution >= 4 is 11.7 Å². The third-order valence-corrected chi connectivity index (χ3v) is 3.64. The minimum Gasteiger partial charge on any atom is -0.364 e. The number of aromatic nitrogens is 1. The first kappa shape index (κ1) is 12.7. The van der Waals surface area contributed by atoms with Crippen molar-refractivity contribution in [1.29, 1.82) is 0 Å². The first-order valence-corrected chi connectivity index (χ1v) is 6.86. The predicted molar refractivity (Wildman–Crippen MR) is 75.4 cm³/mol. The van der Waals surface area contributed by atoms with Crippen LogP contribution in [0.2, 0.25) is 0 Å². The molecule has 0 bridgehead atoms. The highest BCUT2D eigenvalue weighted by molar-refractivity contribution is 5.89. The van der Waals surface area contributed by atoms with Crippen LogP contribution in [0.15, 0.2) is 41.1 Å². The van der Waals surface area contributed by atoms with E-state index in [1.54, 1.807) is 6.26 Å². The average molecular weight is 271 g/mol. The molecule has 1 aliphatic carbocycles. The van der Waals surface area contributed by atoms with Crippen molar-refractivity contribution < 1.29 is 9.32 Å². The van der Waals surface area contributed by atoms with Gasteiger partial charge in [-0.2, -0.15) is 0 Å². The Morgan fingerprint density at radius 1 is 1.30 bits per heavy atom. The molecule has 2 N–H and O–H groups in total. The van der Waals surface area contributed by atoms with Gasteiger partial charge in [-0.3, -0.25) is 0 Å². The normalized spacial score (nSPS) is 14.6. The minimum atomic E-state index is -0.225. The fourth-order valence-electron chi connectivity index (χ4n) is 2.29. The first-order chi connectivity index (χ1) is 9.83. The number of nitrogens with one attached hydrogen (secondary N) is 2. The van der Waals surface area contributed by atoms with E-state index in [-0.39, 0.29) is 6.03 Å².